The number of hydrogen-bond donors (Lipinski definition) is 2. The monoisotopic (exact) mass is 340 g/mol. The summed E-state index contributed by atoms with van der Waals surface area (Å²) in [5, 5.41) is 6.88. The second-order valence-corrected chi connectivity index (χ2v) is 7.02. The van der Waals surface area contributed by atoms with Crippen molar-refractivity contribution >= 4 is 5.96 Å². The van der Waals surface area contributed by atoms with Gasteiger partial charge in [0.05, 0.1) is 13.2 Å². The van der Waals surface area contributed by atoms with Gasteiger partial charge in [-0.2, -0.15) is 0 Å². The highest BCUT2D eigenvalue weighted by Gasteiger charge is 2.41. The van der Waals surface area contributed by atoms with Gasteiger partial charge in [0.1, 0.15) is 0 Å². The first-order valence-electron chi connectivity index (χ1n) is 9.61. The lowest BCUT2D eigenvalue weighted by molar-refractivity contribution is 0.0211. The predicted octanol–water partition coefficient (Wildman–Crippen LogP) is 1.47. The Bertz CT molecular complexity index is 379. The van der Waals surface area contributed by atoms with Crippen molar-refractivity contribution in [1.29, 1.82) is 0 Å². The lowest BCUT2D eigenvalue weighted by atomic mass is 10.0. The van der Waals surface area contributed by atoms with E-state index in [2.05, 4.69) is 36.3 Å². The van der Waals surface area contributed by atoms with Gasteiger partial charge in [0.2, 0.25) is 0 Å². The van der Waals surface area contributed by atoms with Crippen LogP contribution >= 0.6 is 0 Å². The molecule has 0 aromatic rings. The Labute approximate surface area is 147 Å². The molecule has 1 aliphatic carbocycles. The van der Waals surface area contributed by atoms with Gasteiger partial charge < -0.3 is 20.1 Å². The normalized spacial score (nSPS) is 22.2. The van der Waals surface area contributed by atoms with Crippen LogP contribution < -0.4 is 10.6 Å². The summed E-state index contributed by atoms with van der Waals surface area (Å²) in [6.45, 7) is 14.6. The number of hydrogen-bond acceptors (Lipinski definition) is 4. The zero-order chi connectivity index (χ0) is 17.3. The van der Waals surface area contributed by atoms with Gasteiger partial charge in [-0.25, -0.2) is 0 Å². The molecule has 0 aromatic heterocycles. The quantitative estimate of drug-likeness (QED) is 0.358. The first kappa shape index (κ1) is 19.5. The molecule has 1 saturated carbocycles. The van der Waals surface area contributed by atoms with Gasteiger partial charge in [-0.1, -0.05) is 0 Å². The van der Waals surface area contributed by atoms with Crippen molar-refractivity contribution in [3.8, 4) is 0 Å². The van der Waals surface area contributed by atoms with Gasteiger partial charge in [0.15, 0.2) is 5.96 Å². The Kier molecular flexibility index (Phi) is 8.29. The van der Waals surface area contributed by atoms with E-state index in [0.29, 0.717) is 11.5 Å². The Morgan fingerprint density at radius 1 is 1.25 bits per heavy atom. The summed E-state index contributed by atoms with van der Waals surface area (Å²) in [5.74, 6) is 0.945. The van der Waals surface area contributed by atoms with Crippen molar-refractivity contribution in [2.45, 2.75) is 46.1 Å². The van der Waals surface area contributed by atoms with Gasteiger partial charge in [-0.3, -0.25) is 9.89 Å². The van der Waals surface area contributed by atoms with Gasteiger partial charge in [0.25, 0.3) is 0 Å². The fourth-order valence-corrected chi connectivity index (χ4v) is 3.08. The fourth-order valence-electron chi connectivity index (χ4n) is 3.08. The molecule has 0 amide bonds. The molecule has 2 N–H and O–H groups in total. The largest absolute Gasteiger partial charge is 0.382 e. The summed E-state index contributed by atoms with van der Waals surface area (Å²) in [6.07, 6.45) is 3.70. The number of ether oxygens (including phenoxy) is 2. The van der Waals surface area contributed by atoms with E-state index in [4.69, 9.17) is 14.5 Å². The molecule has 140 valence electrons. The second kappa shape index (κ2) is 10.2. The second-order valence-electron chi connectivity index (χ2n) is 7.02. The summed E-state index contributed by atoms with van der Waals surface area (Å²) in [7, 11) is 0. The molecular formula is C18H36N4O2. The van der Waals surface area contributed by atoms with Crippen LogP contribution in [0.3, 0.4) is 0 Å². The van der Waals surface area contributed by atoms with E-state index in [1.807, 2.05) is 0 Å². The topological polar surface area (TPSA) is 58.1 Å². The van der Waals surface area contributed by atoms with Crippen LogP contribution in [0.5, 0.6) is 0 Å². The maximum Gasteiger partial charge on any atom is 0.191 e. The van der Waals surface area contributed by atoms with Crippen LogP contribution in [0.4, 0.5) is 0 Å². The lowest BCUT2D eigenvalue weighted by Gasteiger charge is -2.32. The Morgan fingerprint density at radius 2 is 2.00 bits per heavy atom. The zero-order valence-corrected chi connectivity index (χ0v) is 15.8. The molecule has 6 nitrogen and oxygen atoms in total. The number of morpholine rings is 1. The van der Waals surface area contributed by atoms with Gasteiger partial charge >= 0.3 is 0 Å². The minimum atomic E-state index is 0.396. The third-order valence-electron chi connectivity index (χ3n) is 5.09. The van der Waals surface area contributed by atoms with Crippen LogP contribution in [-0.2, 0) is 9.47 Å². The third-order valence-corrected chi connectivity index (χ3v) is 5.09. The molecule has 1 atom stereocenters. The summed E-state index contributed by atoms with van der Waals surface area (Å²) >= 11 is 0. The van der Waals surface area contributed by atoms with Crippen LogP contribution in [-0.4, -0.2) is 76.1 Å². The van der Waals surface area contributed by atoms with E-state index in [1.54, 1.807) is 0 Å². The van der Waals surface area contributed by atoms with E-state index >= 15 is 0 Å². The maximum atomic E-state index is 5.51. The average molecular weight is 341 g/mol. The van der Waals surface area contributed by atoms with Crippen molar-refractivity contribution in [3.05, 3.63) is 0 Å². The van der Waals surface area contributed by atoms with Crippen molar-refractivity contribution < 1.29 is 9.47 Å². The molecule has 1 saturated heterocycles. The van der Waals surface area contributed by atoms with Crippen molar-refractivity contribution in [1.82, 2.24) is 15.5 Å². The van der Waals surface area contributed by atoms with E-state index in [1.165, 1.54) is 12.8 Å². The number of rotatable bonds is 10. The van der Waals surface area contributed by atoms with E-state index in [9.17, 15) is 0 Å². The fraction of sp³-hybridized carbons (Fsp3) is 0.944. The maximum absolute atomic E-state index is 5.51. The molecule has 0 aromatic carbocycles. The minimum absolute atomic E-state index is 0.396. The Morgan fingerprint density at radius 3 is 2.62 bits per heavy atom. The van der Waals surface area contributed by atoms with Crippen LogP contribution in [0.25, 0.3) is 0 Å². The molecule has 6 heteroatoms. The third kappa shape index (κ3) is 6.57. The molecule has 1 aliphatic heterocycles. The van der Waals surface area contributed by atoms with Crippen LogP contribution in [0.2, 0.25) is 0 Å². The summed E-state index contributed by atoms with van der Waals surface area (Å²) in [6, 6.07) is 0.491. The SMILES string of the molecule is CCNC(=NCC1(CCOCC)CC1)NCC(C)N1CCOCC1. The van der Waals surface area contributed by atoms with Crippen LogP contribution in [0, 0.1) is 5.41 Å². The highest BCUT2D eigenvalue weighted by atomic mass is 16.5. The molecule has 2 rings (SSSR count). The summed E-state index contributed by atoms with van der Waals surface area (Å²) in [5.41, 5.74) is 0.396. The number of aliphatic imine (C=N–C) groups is 1. The lowest BCUT2D eigenvalue weighted by Crippen LogP contribution is -2.49. The van der Waals surface area contributed by atoms with E-state index in [0.717, 1.165) is 71.5 Å². The van der Waals surface area contributed by atoms with Gasteiger partial charge in [-0.15, -0.1) is 0 Å². The Balaban J connectivity index is 1.75. The number of nitrogens with one attached hydrogen (secondary N) is 2. The standard InChI is InChI=1S/C18H36N4O2/c1-4-19-17(20-14-16(3)22-9-12-24-13-10-22)21-15-18(6-7-18)8-11-23-5-2/h16H,4-15H2,1-3H3,(H2,19,20,21). The molecular weight excluding hydrogens is 304 g/mol. The molecule has 2 aliphatic rings. The molecule has 24 heavy (non-hydrogen) atoms. The Hall–Kier alpha value is -0.850. The zero-order valence-electron chi connectivity index (χ0n) is 15.8. The summed E-state index contributed by atoms with van der Waals surface area (Å²) < 4.78 is 10.9. The first-order valence-corrected chi connectivity index (χ1v) is 9.61. The average Bonchev–Trinajstić information content (AvgIpc) is 3.38. The smallest absolute Gasteiger partial charge is 0.191 e. The highest BCUT2D eigenvalue weighted by Crippen LogP contribution is 2.48. The minimum Gasteiger partial charge on any atom is -0.382 e. The molecule has 1 heterocycles. The molecule has 1 unspecified atom stereocenters. The molecule has 0 bridgehead atoms. The van der Waals surface area contributed by atoms with E-state index < -0.39 is 0 Å². The van der Waals surface area contributed by atoms with Crippen molar-refractivity contribution in [3.63, 3.8) is 0 Å². The van der Waals surface area contributed by atoms with Crippen molar-refractivity contribution in [2.75, 3.05) is 59.2 Å². The molecule has 0 radical (unpaired) electrons. The van der Waals surface area contributed by atoms with Gasteiger partial charge in [-0.05, 0) is 45.4 Å². The predicted molar refractivity (Wildman–Crippen MR) is 98.6 cm³/mol. The van der Waals surface area contributed by atoms with Gasteiger partial charge in [0, 0.05) is 52.0 Å². The molecule has 2 fully saturated rings. The molecule has 0 spiro atoms. The van der Waals surface area contributed by atoms with Crippen LogP contribution in [0.1, 0.15) is 40.0 Å². The number of nitrogens with zero attached hydrogens (tertiary/aromatic N) is 2. The number of guanidine groups is 1. The van der Waals surface area contributed by atoms with Crippen LogP contribution in [0.15, 0.2) is 4.99 Å². The van der Waals surface area contributed by atoms with Crippen molar-refractivity contribution in [2.24, 2.45) is 10.4 Å². The van der Waals surface area contributed by atoms with E-state index in [-0.39, 0.29) is 0 Å². The highest BCUT2D eigenvalue weighted by molar-refractivity contribution is 5.79. The first-order chi connectivity index (χ1) is 11.7. The summed E-state index contributed by atoms with van der Waals surface area (Å²) in [4.78, 5) is 7.32.